The fourth-order valence-electron chi connectivity index (χ4n) is 1.79. The van der Waals surface area contributed by atoms with E-state index in [1.54, 1.807) is 6.20 Å². The van der Waals surface area contributed by atoms with Crippen LogP contribution in [0.4, 0.5) is 0 Å². The molecule has 5 heteroatoms. The van der Waals surface area contributed by atoms with Gasteiger partial charge in [-0.3, -0.25) is 4.98 Å². The Hall–Kier alpha value is -1.00. The van der Waals surface area contributed by atoms with Crippen LogP contribution in [0.25, 0.3) is 10.9 Å². The summed E-state index contributed by atoms with van der Waals surface area (Å²) in [7, 11) is 0. The molecule has 1 aliphatic rings. The van der Waals surface area contributed by atoms with Crippen LogP contribution in [0, 0.1) is 0 Å². The molecule has 1 aromatic carbocycles. The molecule has 0 N–H and O–H groups in total. The van der Waals surface area contributed by atoms with Gasteiger partial charge in [0.1, 0.15) is 0 Å². The highest BCUT2D eigenvalue weighted by atomic mass is 79.9. The maximum atomic E-state index is 6.02. The Bertz CT molecular complexity index is 588. The van der Waals surface area contributed by atoms with Gasteiger partial charge in [0.25, 0.3) is 0 Å². The van der Waals surface area contributed by atoms with Gasteiger partial charge in [-0.05, 0) is 22.0 Å². The number of hydrogen-bond donors (Lipinski definition) is 0. The fraction of sp³-hybridized carbons (Fsp3) is 0.250. The number of hydrogen-bond acceptors (Lipinski definition) is 3. The lowest BCUT2D eigenvalue weighted by atomic mass is 10.2. The summed E-state index contributed by atoms with van der Waals surface area (Å²) in [6.07, 6.45) is 2.51. The van der Waals surface area contributed by atoms with Crippen molar-refractivity contribution in [3.05, 3.63) is 27.8 Å². The number of rotatable bonds is 0. The SMILES string of the molecule is Clc1cnc2cc3c(cc2c1Br)OCCCO3. The standard InChI is InChI=1S/C12H9BrClNO2/c13-12-7-4-10-11(17-3-1-2-16-10)5-9(7)15-6-8(12)14/h4-6H,1-3H2. The monoisotopic (exact) mass is 313 g/mol. The van der Waals surface area contributed by atoms with Crippen LogP contribution in [0.1, 0.15) is 6.42 Å². The smallest absolute Gasteiger partial charge is 0.163 e. The minimum Gasteiger partial charge on any atom is -0.490 e. The summed E-state index contributed by atoms with van der Waals surface area (Å²) in [5.41, 5.74) is 0.838. The Morgan fingerprint density at radius 3 is 2.65 bits per heavy atom. The molecule has 0 saturated heterocycles. The van der Waals surface area contributed by atoms with E-state index >= 15 is 0 Å². The summed E-state index contributed by atoms with van der Waals surface area (Å²) in [5.74, 6) is 1.50. The third-order valence-electron chi connectivity index (χ3n) is 2.63. The summed E-state index contributed by atoms with van der Waals surface area (Å²) < 4.78 is 12.1. The van der Waals surface area contributed by atoms with Crippen LogP contribution in [-0.4, -0.2) is 18.2 Å². The second-order valence-electron chi connectivity index (χ2n) is 3.79. The van der Waals surface area contributed by atoms with E-state index in [1.165, 1.54) is 0 Å². The van der Waals surface area contributed by atoms with Crippen molar-refractivity contribution in [1.29, 1.82) is 0 Å². The van der Waals surface area contributed by atoms with Gasteiger partial charge in [-0.1, -0.05) is 11.6 Å². The second kappa shape index (κ2) is 4.35. The van der Waals surface area contributed by atoms with Crippen LogP contribution in [0.2, 0.25) is 5.02 Å². The van der Waals surface area contributed by atoms with Crippen molar-refractivity contribution in [1.82, 2.24) is 4.98 Å². The van der Waals surface area contributed by atoms with Gasteiger partial charge >= 0.3 is 0 Å². The number of nitrogens with zero attached hydrogens (tertiary/aromatic N) is 1. The molecule has 0 amide bonds. The topological polar surface area (TPSA) is 31.4 Å². The Balaban J connectivity index is 2.26. The minimum absolute atomic E-state index is 0.590. The van der Waals surface area contributed by atoms with E-state index in [9.17, 15) is 0 Å². The molecule has 1 aliphatic heterocycles. The van der Waals surface area contributed by atoms with Crippen LogP contribution < -0.4 is 9.47 Å². The molecule has 88 valence electrons. The Morgan fingerprint density at radius 1 is 1.18 bits per heavy atom. The van der Waals surface area contributed by atoms with Gasteiger partial charge in [-0.15, -0.1) is 0 Å². The van der Waals surface area contributed by atoms with Gasteiger partial charge in [-0.2, -0.15) is 0 Å². The lowest BCUT2D eigenvalue weighted by Gasteiger charge is -2.09. The highest BCUT2D eigenvalue weighted by molar-refractivity contribution is 9.10. The van der Waals surface area contributed by atoms with E-state index < -0.39 is 0 Å². The average Bonchev–Trinajstić information content (AvgIpc) is 2.57. The molecule has 0 aliphatic carbocycles. The van der Waals surface area contributed by atoms with Crippen molar-refractivity contribution < 1.29 is 9.47 Å². The van der Waals surface area contributed by atoms with Crippen molar-refractivity contribution in [2.75, 3.05) is 13.2 Å². The summed E-state index contributed by atoms with van der Waals surface area (Å²) in [6, 6.07) is 3.80. The van der Waals surface area contributed by atoms with E-state index in [0.29, 0.717) is 18.2 Å². The van der Waals surface area contributed by atoms with Crippen molar-refractivity contribution in [3.8, 4) is 11.5 Å². The van der Waals surface area contributed by atoms with Gasteiger partial charge < -0.3 is 9.47 Å². The summed E-state index contributed by atoms with van der Waals surface area (Å²) >= 11 is 9.48. The molecule has 2 aromatic rings. The maximum absolute atomic E-state index is 6.02. The summed E-state index contributed by atoms with van der Waals surface area (Å²) in [6.45, 7) is 1.34. The Morgan fingerprint density at radius 2 is 1.88 bits per heavy atom. The van der Waals surface area contributed by atoms with Gasteiger partial charge in [0.2, 0.25) is 0 Å². The lowest BCUT2D eigenvalue weighted by molar-refractivity contribution is 0.297. The van der Waals surface area contributed by atoms with Crippen LogP contribution >= 0.6 is 27.5 Å². The normalized spacial score (nSPS) is 14.7. The maximum Gasteiger partial charge on any atom is 0.163 e. The predicted molar refractivity (Wildman–Crippen MR) is 70.1 cm³/mol. The largest absolute Gasteiger partial charge is 0.490 e. The van der Waals surface area contributed by atoms with E-state index in [2.05, 4.69) is 20.9 Å². The van der Waals surface area contributed by atoms with E-state index in [1.807, 2.05) is 12.1 Å². The molecular weight excluding hydrogens is 305 g/mol. The first-order valence-electron chi connectivity index (χ1n) is 5.29. The first-order valence-corrected chi connectivity index (χ1v) is 6.46. The Labute approximate surface area is 112 Å². The highest BCUT2D eigenvalue weighted by Gasteiger charge is 2.14. The molecule has 3 rings (SSSR count). The van der Waals surface area contributed by atoms with Gasteiger partial charge in [0, 0.05) is 28.5 Å². The van der Waals surface area contributed by atoms with Crippen molar-refractivity contribution in [3.63, 3.8) is 0 Å². The van der Waals surface area contributed by atoms with E-state index in [-0.39, 0.29) is 0 Å². The summed E-state index contributed by atoms with van der Waals surface area (Å²) in [5, 5.41) is 1.52. The molecule has 17 heavy (non-hydrogen) atoms. The molecule has 0 atom stereocenters. The zero-order valence-corrected chi connectivity index (χ0v) is 11.2. The average molecular weight is 315 g/mol. The molecule has 0 fully saturated rings. The first kappa shape index (κ1) is 11.1. The second-order valence-corrected chi connectivity index (χ2v) is 4.99. The van der Waals surface area contributed by atoms with Gasteiger partial charge in [0.15, 0.2) is 11.5 Å². The quantitative estimate of drug-likeness (QED) is 0.741. The van der Waals surface area contributed by atoms with Gasteiger partial charge in [0.05, 0.1) is 23.8 Å². The zero-order chi connectivity index (χ0) is 11.8. The fourth-order valence-corrected chi connectivity index (χ4v) is 2.36. The molecule has 0 unspecified atom stereocenters. The van der Waals surface area contributed by atoms with Crippen LogP contribution in [0.3, 0.4) is 0 Å². The highest BCUT2D eigenvalue weighted by Crippen LogP contribution is 2.38. The summed E-state index contributed by atoms with van der Waals surface area (Å²) in [4.78, 5) is 4.28. The number of pyridine rings is 1. The van der Waals surface area contributed by atoms with Crippen molar-refractivity contribution >= 4 is 38.4 Å². The molecule has 2 heterocycles. The van der Waals surface area contributed by atoms with Crippen LogP contribution in [0.15, 0.2) is 22.8 Å². The molecule has 3 nitrogen and oxygen atoms in total. The van der Waals surface area contributed by atoms with Crippen LogP contribution in [-0.2, 0) is 0 Å². The zero-order valence-electron chi connectivity index (χ0n) is 8.87. The molecule has 0 radical (unpaired) electrons. The molecule has 0 bridgehead atoms. The number of ether oxygens (including phenoxy) is 2. The minimum atomic E-state index is 0.590. The molecule has 0 saturated carbocycles. The third kappa shape index (κ3) is 1.96. The number of aromatic nitrogens is 1. The number of fused-ring (bicyclic) bond motifs is 2. The Kier molecular flexibility index (Phi) is 2.84. The molecular formula is C12H9BrClNO2. The lowest BCUT2D eigenvalue weighted by Crippen LogP contribution is -1.97. The van der Waals surface area contributed by atoms with Crippen molar-refractivity contribution in [2.24, 2.45) is 0 Å². The molecule has 1 aromatic heterocycles. The molecule has 0 spiro atoms. The third-order valence-corrected chi connectivity index (χ3v) is 4.00. The van der Waals surface area contributed by atoms with E-state index in [0.717, 1.165) is 33.3 Å². The first-order chi connectivity index (χ1) is 8.25. The van der Waals surface area contributed by atoms with Crippen LogP contribution in [0.5, 0.6) is 11.5 Å². The number of benzene rings is 1. The number of halogens is 2. The van der Waals surface area contributed by atoms with E-state index in [4.69, 9.17) is 21.1 Å². The van der Waals surface area contributed by atoms with Gasteiger partial charge in [-0.25, -0.2) is 0 Å². The van der Waals surface area contributed by atoms with Crippen molar-refractivity contribution in [2.45, 2.75) is 6.42 Å². The predicted octanol–water partition coefficient (Wildman–Crippen LogP) is 3.81.